The number of nitrogens with zero attached hydrogens (tertiary/aromatic N) is 2. The summed E-state index contributed by atoms with van der Waals surface area (Å²) in [5, 5.41) is 2.99. The third-order valence-corrected chi connectivity index (χ3v) is 2.79. The van der Waals surface area contributed by atoms with Crippen LogP contribution in [0, 0.1) is 0 Å². The van der Waals surface area contributed by atoms with Gasteiger partial charge in [0, 0.05) is 18.3 Å². The number of rotatable bonds is 2. The molecule has 2 heterocycles. The molecule has 0 radical (unpaired) electrons. The Morgan fingerprint density at radius 3 is 2.56 bits per heavy atom. The standard InChI is InChI=1S/C13H13N5/c1-15-11-7-6-10-13(17-11)18-12(16-10)8-2-4-9(14)5-3-8/h2-7H,14H2,1H3,(H2,15,16,17,18). The number of nitrogens with one attached hydrogen (secondary N) is 2. The molecule has 90 valence electrons. The van der Waals surface area contributed by atoms with Gasteiger partial charge in [-0.1, -0.05) is 0 Å². The third-order valence-electron chi connectivity index (χ3n) is 2.79. The number of hydrogen-bond acceptors (Lipinski definition) is 4. The summed E-state index contributed by atoms with van der Waals surface area (Å²) < 4.78 is 0. The minimum Gasteiger partial charge on any atom is -0.399 e. The van der Waals surface area contributed by atoms with Gasteiger partial charge in [-0.05, 0) is 36.4 Å². The van der Waals surface area contributed by atoms with E-state index in [4.69, 9.17) is 5.73 Å². The van der Waals surface area contributed by atoms with Crippen LogP contribution < -0.4 is 11.1 Å². The molecular weight excluding hydrogens is 226 g/mol. The van der Waals surface area contributed by atoms with Crippen molar-refractivity contribution < 1.29 is 0 Å². The molecule has 0 unspecified atom stereocenters. The highest BCUT2D eigenvalue weighted by Crippen LogP contribution is 2.21. The molecular formula is C13H13N5. The van der Waals surface area contributed by atoms with Gasteiger partial charge in [0.15, 0.2) is 5.65 Å². The van der Waals surface area contributed by atoms with Crippen LogP contribution in [0.4, 0.5) is 11.5 Å². The molecule has 0 fully saturated rings. The molecule has 0 spiro atoms. The molecule has 0 amide bonds. The van der Waals surface area contributed by atoms with E-state index in [1.807, 2.05) is 43.4 Å². The summed E-state index contributed by atoms with van der Waals surface area (Å²) in [4.78, 5) is 12.1. The first-order valence-electron chi connectivity index (χ1n) is 5.67. The van der Waals surface area contributed by atoms with E-state index in [1.54, 1.807) is 0 Å². The first-order valence-corrected chi connectivity index (χ1v) is 5.67. The van der Waals surface area contributed by atoms with E-state index in [0.29, 0.717) is 5.65 Å². The van der Waals surface area contributed by atoms with Crippen molar-refractivity contribution in [2.24, 2.45) is 0 Å². The fourth-order valence-electron chi connectivity index (χ4n) is 1.81. The van der Waals surface area contributed by atoms with Crippen molar-refractivity contribution in [1.82, 2.24) is 15.0 Å². The number of anilines is 2. The molecule has 0 saturated heterocycles. The van der Waals surface area contributed by atoms with Crippen LogP contribution in [-0.4, -0.2) is 22.0 Å². The molecule has 0 aliphatic carbocycles. The predicted molar refractivity (Wildman–Crippen MR) is 73.3 cm³/mol. The highest BCUT2D eigenvalue weighted by atomic mass is 15.0. The highest BCUT2D eigenvalue weighted by molar-refractivity contribution is 5.77. The van der Waals surface area contributed by atoms with Gasteiger partial charge in [0.2, 0.25) is 0 Å². The van der Waals surface area contributed by atoms with E-state index in [9.17, 15) is 0 Å². The van der Waals surface area contributed by atoms with Gasteiger partial charge in [-0.2, -0.15) is 0 Å². The minimum absolute atomic E-state index is 0.702. The summed E-state index contributed by atoms with van der Waals surface area (Å²) in [5.74, 6) is 1.60. The van der Waals surface area contributed by atoms with Gasteiger partial charge in [0.1, 0.15) is 11.6 Å². The van der Waals surface area contributed by atoms with E-state index >= 15 is 0 Å². The van der Waals surface area contributed by atoms with E-state index < -0.39 is 0 Å². The summed E-state index contributed by atoms with van der Waals surface area (Å²) >= 11 is 0. The number of benzene rings is 1. The SMILES string of the molecule is CNc1ccc2[nH]c(-c3ccc(N)cc3)nc2n1. The first-order chi connectivity index (χ1) is 8.76. The van der Waals surface area contributed by atoms with Crippen molar-refractivity contribution in [3.63, 3.8) is 0 Å². The number of fused-ring (bicyclic) bond motifs is 1. The van der Waals surface area contributed by atoms with Crippen molar-refractivity contribution in [1.29, 1.82) is 0 Å². The lowest BCUT2D eigenvalue weighted by molar-refractivity contribution is 1.28. The summed E-state index contributed by atoms with van der Waals surface area (Å²) in [5.41, 5.74) is 9.02. The van der Waals surface area contributed by atoms with Crippen molar-refractivity contribution >= 4 is 22.7 Å². The Hall–Kier alpha value is -2.56. The van der Waals surface area contributed by atoms with Gasteiger partial charge in [0.05, 0.1) is 5.52 Å². The zero-order valence-electron chi connectivity index (χ0n) is 9.94. The van der Waals surface area contributed by atoms with Crippen LogP contribution in [0.15, 0.2) is 36.4 Å². The fourth-order valence-corrected chi connectivity index (χ4v) is 1.81. The van der Waals surface area contributed by atoms with E-state index in [0.717, 1.165) is 28.4 Å². The van der Waals surface area contributed by atoms with Crippen LogP contribution in [0.25, 0.3) is 22.6 Å². The zero-order chi connectivity index (χ0) is 12.5. The first kappa shape index (κ1) is 10.6. The largest absolute Gasteiger partial charge is 0.399 e. The number of nitrogens with two attached hydrogens (primary N) is 1. The Morgan fingerprint density at radius 2 is 1.83 bits per heavy atom. The Bertz CT molecular complexity index is 684. The molecule has 0 atom stereocenters. The summed E-state index contributed by atoms with van der Waals surface area (Å²) in [6, 6.07) is 11.5. The number of nitrogen functional groups attached to an aromatic ring is 1. The van der Waals surface area contributed by atoms with Gasteiger partial charge >= 0.3 is 0 Å². The maximum absolute atomic E-state index is 5.67. The van der Waals surface area contributed by atoms with E-state index in [-0.39, 0.29) is 0 Å². The zero-order valence-corrected chi connectivity index (χ0v) is 9.94. The quantitative estimate of drug-likeness (QED) is 0.599. The lowest BCUT2D eigenvalue weighted by Gasteiger charge is -1.96. The lowest BCUT2D eigenvalue weighted by atomic mass is 10.2. The Morgan fingerprint density at radius 1 is 1.06 bits per heavy atom. The van der Waals surface area contributed by atoms with Gasteiger partial charge in [-0.15, -0.1) is 0 Å². The average molecular weight is 239 g/mol. The molecule has 1 aromatic carbocycles. The van der Waals surface area contributed by atoms with Gasteiger partial charge in [-0.3, -0.25) is 0 Å². The van der Waals surface area contributed by atoms with E-state index in [2.05, 4.69) is 20.3 Å². The van der Waals surface area contributed by atoms with Gasteiger partial charge in [0.25, 0.3) is 0 Å². The van der Waals surface area contributed by atoms with Crippen molar-refractivity contribution in [3.8, 4) is 11.4 Å². The molecule has 5 heteroatoms. The second kappa shape index (κ2) is 4.03. The second-order valence-electron chi connectivity index (χ2n) is 4.03. The van der Waals surface area contributed by atoms with Crippen molar-refractivity contribution in [2.45, 2.75) is 0 Å². The van der Waals surface area contributed by atoms with Crippen LogP contribution in [0.2, 0.25) is 0 Å². The predicted octanol–water partition coefficient (Wildman–Crippen LogP) is 2.25. The van der Waals surface area contributed by atoms with Gasteiger partial charge < -0.3 is 16.0 Å². The van der Waals surface area contributed by atoms with Crippen LogP contribution in [-0.2, 0) is 0 Å². The maximum Gasteiger partial charge on any atom is 0.180 e. The number of aromatic amines is 1. The number of pyridine rings is 1. The average Bonchev–Trinajstić information content (AvgIpc) is 2.82. The molecule has 18 heavy (non-hydrogen) atoms. The lowest BCUT2D eigenvalue weighted by Crippen LogP contribution is -1.91. The van der Waals surface area contributed by atoms with Gasteiger partial charge in [-0.25, -0.2) is 9.97 Å². The normalized spacial score (nSPS) is 10.7. The maximum atomic E-state index is 5.67. The number of aromatic nitrogens is 3. The summed E-state index contributed by atoms with van der Waals surface area (Å²) in [6.07, 6.45) is 0. The second-order valence-corrected chi connectivity index (χ2v) is 4.03. The van der Waals surface area contributed by atoms with Crippen LogP contribution in [0.1, 0.15) is 0 Å². The van der Waals surface area contributed by atoms with Crippen molar-refractivity contribution in [3.05, 3.63) is 36.4 Å². The summed E-state index contributed by atoms with van der Waals surface area (Å²) in [6.45, 7) is 0. The number of H-pyrrole nitrogens is 1. The monoisotopic (exact) mass is 239 g/mol. The third kappa shape index (κ3) is 1.75. The summed E-state index contributed by atoms with van der Waals surface area (Å²) in [7, 11) is 1.84. The number of hydrogen-bond donors (Lipinski definition) is 3. The molecule has 2 aromatic heterocycles. The van der Waals surface area contributed by atoms with Crippen LogP contribution >= 0.6 is 0 Å². The molecule has 3 aromatic rings. The topological polar surface area (TPSA) is 79.6 Å². The van der Waals surface area contributed by atoms with Crippen LogP contribution in [0.3, 0.4) is 0 Å². The molecule has 0 aliphatic heterocycles. The Kier molecular flexibility index (Phi) is 2.37. The van der Waals surface area contributed by atoms with E-state index in [1.165, 1.54) is 0 Å². The Labute approximate surface area is 104 Å². The molecule has 3 rings (SSSR count). The smallest absolute Gasteiger partial charge is 0.180 e. The molecule has 5 nitrogen and oxygen atoms in total. The fraction of sp³-hybridized carbons (Fsp3) is 0.0769. The minimum atomic E-state index is 0.702. The molecule has 0 aliphatic rings. The molecule has 0 bridgehead atoms. The Balaban J connectivity index is 2.10. The number of imidazole rings is 1. The van der Waals surface area contributed by atoms with Crippen LogP contribution in [0.5, 0.6) is 0 Å². The highest BCUT2D eigenvalue weighted by Gasteiger charge is 2.06. The van der Waals surface area contributed by atoms with Crippen molar-refractivity contribution in [2.75, 3.05) is 18.1 Å². The molecule has 0 saturated carbocycles. The molecule has 4 N–H and O–H groups in total.